The lowest BCUT2D eigenvalue weighted by Crippen LogP contribution is -2.39. The average Bonchev–Trinajstić information content (AvgIpc) is 3.23. The first-order valence-electron chi connectivity index (χ1n) is 7.85. The largest absolute Gasteiger partial charge is 0.375 e. The number of ether oxygens (including phenoxy) is 2. The quantitative estimate of drug-likeness (QED) is 0.603. The van der Waals surface area contributed by atoms with Gasteiger partial charge in [-0.25, -0.2) is 4.68 Å². The molecule has 2 fully saturated rings. The molecule has 3 atom stereocenters. The van der Waals surface area contributed by atoms with Gasteiger partial charge in [-0.1, -0.05) is 29.8 Å². The van der Waals surface area contributed by atoms with Crippen LogP contribution in [0.2, 0.25) is 0 Å². The fourth-order valence-electron chi connectivity index (χ4n) is 3.02. The second kappa shape index (κ2) is 6.47. The van der Waals surface area contributed by atoms with Crippen molar-refractivity contribution >= 4 is 23.0 Å². The molecule has 0 unspecified atom stereocenters. The maximum absolute atomic E-state index is 5.90. The molecular weight excluding hydrogens is 342 g/mol. The molecule has 0 radical (unpaired) electrons. The first-order chi connectivity index (χ1) is 12.1. The molecule has 0 aliphatic carbocycles. The minimum Gasteiger partial charge on any atom is -0.375 e. The van der Waals surface area contributed by atoms with Crippen molar-refractivity contribution in [1.29, 1.82) is 0 Å². The summed E-state index contributed by atoms with van der Waals surface area (Å²) in [5, 5.41) is 16.5. The summed E-state index contributed by atoms with van der Waals surface area (Å²) in [6, 6.07) is 7.92. The number of nitrogens with two attached hydrogens (primary N) is 1. The highest BCUT2D eigenvalue weighted by molar-refractivity contribution is 7.80. The van der Waals surface area contributed by atoms with Crippen molar-refractivity contribution in [2.75, 3.05) is 6.61 Å². The van der Waals surface area contributed by atoms with Crippen molar-refractivity contribution < 1.29 is 9.47 Å². The van der Waals surface area contributed by atoms with E-state index < -0.39 is 6.29 Å². The number of benzene rings is 1. The highest BCUT2D eigenvalue weighted by Crippen LogP contribution is 2.35. The van der Waals surface area contributed by atoms with Crippen LogP contribution in [-0.2, 0) is 9.47 Å². The zero-order chi connectivity index (χ0) is 17.4. The molecule has 1 aromatic carbocycles. The van der Waals surface area contributed by atoms with Crippen LogP contribution in [0.5, 0.6) is 0 Å². The Morgan fingerprint density at radius 2 is 2.20 bits per heavy atom. The summed E-state index contributed by atoms with van der Waals surface area (Å²) in [6.07, 6.45) is -0.0432. The predicted octanol–water partition coefficient (Wildman–Crippen LogP) is 0.524. The van der Waals surface area contributed by atoms with Gasteiger partial charge in [0.05, 0.1) is 18.4 Å². The minimum absolute atomic E-state index is 0.0898. The van der Waals surface area contributed by atoms with E-state index in [1.165, 1.54) is 5.56 Å². The molecule has 2 aliphatic rings. The molecule has 4 rings (SSSR count). The lowest BCUT2D eigenvalue weighted by Gasteiger charge is -2.28. The number of aromatic nitrogens is 4. The highest BCUT2D eigenvalue weighted by atomic mass is 32.1. The Kier molecular flexibility index (Phi) is 4.15. The molecule has 2 saturated heterocycles. The fraction of sp³-hybridized carbons (Fsp3) is 0.400. The number of thiocarbonyl (C=S) groups is 1. The summed E-state index contributed by atoms with van der Waals surface area (Å²) in [6.45, 7) is 2.49. The number of fused-ring (bicyclic) bond motifs is 2. The van der Waals surface area contributed by atoms with Gasteiger partial charge in [0.1, 0.15) is 6.10 Å². The van der Waals surface area contributed by atoms with Crippen molar-refractivity contribution in [2.24, 2.45) is 10.8 Å². The van der Waals surface area contributed by atoms with Crippen molar-refractivity contribution in [3.05, 3.63) is 29.8 Å². The number of nitrogens with one attached hydrogen (secondary N) is 1. The molecule has 0 saturated carbocycles. The van der Waals surface area contributed by atoms with Crippen LogP contribution in [0, 0.1) is 6.92 Å². The van der Waals surface area contributed by atoms with E-state index in [1.54, 1.807) is 4.68 Å². The number of hydrazone groups is 1. The first kappa shape index (κ1) is 16.1. The third-order valence-electron chi connectivity index (χ3n) is 4.26. The standard InChI is InChI=1S/C15H17N7O2S/c1-8-2-4-9(5-3-8)13-18-20-21-22(13)11-6-10(17-19-15(16)25)14-23-7-12(11)24-14/h2-5,11-12,14H,6-7H2,1H3,(H3,16,19,25)/b17-10-/t11-,12+,14-/m1/s1. The normalized spacial score (nSPS) is 26.8. The van der Waals surface area contributed by atoms with Crippen LogP contribution in [0.25, 0.3) is 11.4 Å². The molecule has 25 heavy (non-hydrogen) atoms. The summed E-state index contributed by atoms with van der Waals surface area (Å²) in [5.74, 6) is 0.681. The van der Waals surface area contributed by atoms with E-state index in [1.807, 2.05) is 31.2 Å². The van der Waals surface area contributed by atoms with Crippen molar-refractivity contribution in [3.8, 4) is 11.4 Å². The van der Waals surface area contributed by atoms with Crippen LogP contribution in [0.4, 0.5) is 0 Å². The zero-order valence-corrected chi connectivity index (χ0v) is 14.3. The Morgan fingerprint density at radius 1 is 1.40 bits per heavy atom. The molecule has 3 N–H and O–H groups in total. The van der Waals surface area contributed by atoms with E-state index in [9.17, 15) is 0 Å². The summed E-state index contributed by atoms with van der Waals surface area (Å²) in [7, 11) is 0. The van der Waals surface area contributed by atoms with Crippen LogP contribution >= 0.6 is 12.2 Å². The molecule has 2 bridgehead atoms. The maximum Gasteiger partial charge on any atom is 0.199 e. The molecular formula is C15H17N7O2S. The van der Waals surface area contributed by atoms with Gasteiger partial charge in [-0.3, -0.25) is 5.43 Å². The molecule has 3 heterocycles. The van der Waals surface area contributed by atoms with Crippen LogP contribution in [0.3, 0.4) is 0 Å². The number of hydrogen-bond donors (Lipinski definition) is 2. The van der Waals surface area contributed by atoms with E-state index in [-0.39, 0.29) is 17.3 Å². The lowest BCUT2D eigenvalue weighted by atomic mass is 10.0. The molecule has 0 amide bonds. The smallest absolute Gasteiger partial charge is 0.199 e. The number of aryl methyl sites for hydroxylation is 1. The lowest BCUT2D eigenvalue weighted by molar-refractivity contribution is -0.0320. The Balaban J connectivity index is 1.65. The van der Waals surface area contributed by atoms with E-state index in [2.05, 4.69) is 26.1 Å². The topological polar surface area (TPSA) is 112 Å². The summed E-state index contributed by atoms with van der Waals surface area (Å²) >= 11 is 4.79. The van der Waals surface area contributed by atoms with Gasteiger partial charge in [0.15, 0.2) is 17.2 Å². The van der Waals surface area contributed by atoms with E-state index in [0.717, 1.165) is 5.56 Å². The van der Waals surface area contributed by atoms with Gasteiger partial charge in [0, 0.05) is 12.0 Å². The molecule has 10 heteroatoms. The molecule has 130 valence electrons. The first-order valence-corrected chi connectivity index (χ1v) is 8.26. The van der Waals surface area contributed by atoms with Crippen molar-refractivity contribution in [1.82, 2.24) is 25.6 Å². The number of hydrogen-bond acceptors (Lipinski definition) is 7. The van der Waals surface area contributed by atoms with Gasteiger partial charge in [0.25, 0.3) is 0 Å². The third kappa shape index (κ3) is 3.11. The van der Waals surface area contributed by atoms with Crippen molar-refractivity contribution in [3.63, 3.8) is 0 Å². The highest BCUT2D eigenvalue weighted by Gasteiger charge is 2.44. The Hall–Kier alpha value is -2.43. The molecule has 1 aromatic heterocycles. The zero-order valence-electron chi connectivity index (χ0n) is 13.5. The Labute approximate surface area is 149 Å². The SMILES string of the molecule is Cc1ccc(-c2nnnn2[C@@H]2C/C(=N/NC(N)=S)[C@@H]3OC[C@@H]2O3)cc1. The van der Waals surface area contributed by atoms with Gasteiger partial charge in [0.2, 0.25) is 0 Å². The predicted molar refractivity (Wildman–Crippen MR) is 93.6 cm³/mol. The Bertz CT molecular complexity index is 820. The molecule has 0 spiro atoms. The van der Waals surface area contributed by atoms with Gasteiger partial charge >= 0.3 is 0 Å². The van der Waals surface area contributed by atoms with Crippen LogP contribution in [-0.4, -0.2) is 50.0 Å². The number of tetrazole rings is 1. The number of rotatable bonds is 3. The molecule has 2 aliphatic heterocycles. The maximum atomic E-state index is 5.90. The average molecular weight is 359 g/mol. The van der Waals surface area contributed by atoms with E-state index in [0.29, 0.717) is 24.6 Å². The second-order valence-corrected chi connectivity index (χ2v) is 6.44. The van der Waals surface area contributed by atoms with Gasteiger partial charge in [-0.2, -0.15) is 5.10 Å². The summed E-state index contributed by atoms with van der Waals surface area (Å²) in [4.78, 5) is 0. The summed E-state index contributed by atoms with van der Waals surface area (Å²) in [5.41, 5.74) is 10.8. The van der Waals surface area contributed by atoms with Crippen LogP contribution in [0.1, 0.15) is 18.0 Å². The molecule has 2 aromatic rings. The second-order valence-electron chi connectivity index (χ2n) is 6.00. The van der Waals surface area contributed by atoms with Crippen molar-refractivity contribution in [2.45, 2.75) is 31.8 Å². The van der Waals surface area contributed by atoms with Crippen LogP contribution < -0.4 is 11.2 Å². The van der Waals surface area contributed by atoms with Crippen LogP contribution in [0.15, 0.2) is 29.4 Å². The van der Waals surface area contributed by atoms with E-state index in [4.69, 9.17) is 27.4 Å². The van der Waals surface area contributed by atoms with E-state index >= 15 is 0 Å². The van der Waals surface area contributed by atoms with Gasteiger partial charge in [-0.05, 0) is 29.6 Å². The molecule has 9 nitrogen and oxygen atoms in total. The monoisotopic (exact) mass is 359 g/mol. The Morgan fingerprint density at radius 3 is 2.96 bits per heavy atom. The number of nitrogens with zero attached hydrogens (tertiary/aromatic N) is 5. The van der Waals surface area contributed by atoms with Gasteiger partial charge in [-0.15, -0.1) is 5.10 Å². The fourth-order valence-corrected chi connectivity index (χ4v) is 3.06. The third-order valence-corrected chi connectivity index (χ3v) is 4.35. The summed E-state index contributed by atoms with van der Waals surface area (Å²) < 4.78 is 13.3. The van der Waals surface area contributed by atoms with Gasteiger partial charge < -0.3 is 15.2 Å². The minimum atomic E-state index is -0.484.